The Morgan fingerprint density at radius 2 is 1.81 bits per heavy atom. The smallest absolute Gasteiger partial charge is 0.270 e. The van der Waals surface area contributed by atoms with Crippen molar-refractivity contribution < 1.29 is 9.18 Å². The summed E-state index contributed by atoms with van der Waals surface area (Å²) in [5.41, 5.74) is 3.72. The van der Waals surface area contributed by atoms with Gasteiger partial charge >= 0.3 is 0 Å². The summed E-state index contributed by atoms with van der Waals surface area (Å²) < 4.78 is 12.9. The molecular formula is C20H17ClFN3O. The highest BCUT2D eigenvalue weighted by Gasteiger charge is 2.07. The Labute approximate surface area is 156 Å². The molecule has 0 saturated heterocycles. The summed E-state index contributed by atoms with van der Waals surface area (Å²) in [4.78, 5) is 16.3. The number of hydrogen-bond donors (Lipinski definition) is 2. The SMILES string of the molecule is Cc1ccc(Nc2ccc(C(=O)NCc3ccc(F)cc3)nc2)cc1Cl. The van der Waals surface area contributed by atoms with Gasteiger partial charge in [0.05, 0.1) is 11.9 Å². The van der Waals surface area contributed by atoms with Crippen LogP contribution in [-0.2, 0) is 6.54 Å². The number of hydrogen-bond acceptors (Lipinski definition) is 3. The number of amides is 1. The number of anilines is 2. The summed E-state index contributed by atoms with van der Waals surface area (Å²) in [5, 5.41) is 6.62. The predicted octanol–water partition coefficient (Wildman–Crippen LogP) is 4.86. The molecule has 0 aliphatic heterocycles. The summed E-state index contributed by atoms with van der Waals surface area (Å²) in [6.07, 6.45) is 1.58. The molecule has 1 amide bonds. The molecule has 0 saturated carbocycles. The molecular weight excluding hydrogens is 353 g/mol. The minimum absolute atomic E-state index is 0.292. The Morgan fingerprint density at radius 1 is 1.08 bits per heavy atom. The summed E-state index contributed by atoms with van der Waals surface area (Å²) in [6, 6.07) is 15.1. The van der Waals surface area contributed by atoms with Crippen molar-refractivity contribution in [1.82, 2.24) is 10.3 Å². The molecule has 0 spiro atoms. The fourth-order valence-electron chi connectivity index (χ4n) is 2.31. The Hall–Kier alpha value is -2.92. The van der Waals surface area contributed by atoms with Crippen LogP contribution in [0.2, 0.25) is 5.02 Å². The zero-order valence-corrected chi connectivity index (χ0v) is 14.8. The van der Waals surface area contributed by atoms with Crippen LogP contribution >= 0.6 is 11.6 Å². The van der Waals surface area contributed by atoms with Gasteiger partial charge in [-0.2, -0.15) is 0 Å². The topological polar surface area (TPSA) is 54.0 Å². The van der Waals surface area contributed by atoms with Crippen LogP contribution in [0.5, 0.6) is 0 Å². The van der Waals surface area contributed by atoms with Gasteiger partial charge in [-0.15, -0.1) is 0 Å². The highest BCUT2D eigenvalue weighted by Crippen LogP contribution is 2.22. The molecule has 3 rings (SSSR count). The molecule has 3 aromatic rings. The maximum absolute atomic E-state index is 12.9. The molecule has 0 atom stereocenters. The molecule has 6 heteroatoms. The lowest BCUT2D eigenvalue weighted by Crippen LogP contribution is -2.23. The number of nitrogens with zero attached hydrogens (tertiary/aromatic N) is 1. The molecule has 0 aliphatic rings. The van der Waals surface area contributed by atoms with E-state index in [-0.39, 0.29) is 11.7 Å². The average molecular weight is 370 g/mol. The second-order valence-corrected chi connectivity index (χ2v) is 6.24. The normalized spacial score (nSPS) is 10.4. The molecule has 132 valence electrons. The number of benzene rings is 2. The maximum Gasteiger partial charge on any atom is 0.270 e. The van der Waals surface area contributed by atoms with Crippen molar-refractivity contribution in [1.29, 1.82) is 0 Å². The van der Waals surface area contributed by atoms with Gasteiger partial charge in [0, 0.05) is 17.3 Å². The van der Waals surface area contributed by atoms with Crippen LogP contribution < -0.4 is 10.6 Å². The number of nitrogens with one attached hydrogen (secondary N) is 2. The van der Waals surface area contributed by atoms with Crippen molar-refractivity contribution in [3.05, 3.63) is 88.5 Å². The van der Waals surface area contributed by atoms with Crippen LogP contribution in [0, 0.1) is 12.7 Å². The van der Waals surface area contributed by atoms with Crippen LogP contribution in [0.3, 0.4) is 0 Å². The van der Waals surface area contributed by atoms with Crippen LogP contribution in [0.25, 0.3) is 0 Å². The first-order valence-corrected chi connectivity index (χ1v) is 8.41. The van der Waals surface area contributed by atoms with E-state index in [0.717, 1.165) is 22.5 Å². The molecule has 4 nitrogen and oxygen atoms in total. The number of halogens is 2. The largest absolute Gasteiger partial charge is 0.354 e. The van der Waals surface area contributed by atoms with Crippen LogP contribution in [0.1, 0.15) is 21.6 Å². The Bertz CT molecular complexity index is 911. The fourth-order valence-corrected chi connectivity index (χ4v) is 2.50. The van der Waals surface area contributed by atoms with Crippen LogP contribution in [0.4, 0.5) is 15.8 Å². The van der Waals surface area contributed by atoms with Gasteiger partial charge in [0.2, 0.25) is 0 Å². The predicted molar refractivity (Wildman–Crippen MR) is 101 cm³/mol. The summed E-state index contributed by atoms with van der Waals surface area (Å²) >= 11 is 6.11. The van der Waals surface area contributed by atoms with Gasteiger partial charge in [-0.05, 0) is 54.4 Å². The number of carbonyl (C=O) groups is 1. The lowest BCUT2D eigenvalue weighted by atomic mass is 10.2. The van der Waals surface area contributed by atoms with Crippen molar-refractivity contribution in [2.75, 3.05) is 5.32 Å². The van der Waals surface area contributed by atoms with Gasteiger partial charge in [-0.1, -0.05) is 29.8 Å². The standard InChI is InChI=1S/C20H17ClFN3O/c1-13-2-7-16(10-18(13)21)25-17-8-9-19(23-12-17)20(26)24-11-14-3-5-15(22)6-4-14/h2-10,12,25H,11H2,1H3,(H,24,26). The van der Waals surface area contributed by atoms with E-state index in [1.165, 1.54) is 12.1 Å². The molecule has 0 unspecified atom stereocenters. The van der Waals surface area contributed by atoms with Gasteiger partial charge < -0.3 is 10.6 Å². The summed E-state index contributed by atoms with van der Waals surface area (Å²) in [7, 11) is 0. The third-order valence-corrected chi connectivity index (χ3v) is 4.23. The van der Waals surface area contributed by atoms with E-state index in [1.54, 1.807) is 30.5 Å². The second kappa shape index (κ2) is 7.97. The zero-order valence-electron chi connectivity index (χ0n) is 14.1. The van der Waals surface area contributed by atoms with E-state index >= 15 is 0 Å². The summed E-state index contributed by atoms with van der Waals surface area (Å²) in [6.45, 7) is 2.25. The lowest BCUT2D eigenvalue weighted by molar-refractivity contribution is 0.0946. The van der Waals surface area contributed by atoms with E-state index in [0.29, 0.717) is 17.3 Å². The number of rotatable bonds is 5. The molecule has 1 aromatic heterocycles. The van der Waals surface area contributed by atoms with E-state index in [2.05, 4.69) is 15.6 Å². The lowest BCUT2D eigenvalue weighted by Gasteiger charge is -2.09. The number of aromatic nitrogens is 1. The van der Waals surface area contributed by atoms with Crippen LogP contribution in [-0.4, -0.2) is 10.9 Å². The number of carbonyl (C=O) groups excluding carboxylic acids is 1. The van der Waals surface area contributed by atoms with E-state index in [9.17, 15) is 9.18 Å². The fraction of sp³-hybridized carbons (Fsp3) is 0.100. The first-order chi connectivity index (χ1) is 12.5. The molecule has 1 heterocycles. The molecule has 0 bridgehead atoms. The van der Waals surface area contributed by atoms with Crippen molar-refractivity contribution >= 4 is 28.9 Å². The van der Waals surface area contributed by atoms with Gasteiger partial charge in [0.1, 0.15) is 11.5 Å². The Morgan fingerprint density at radius 3 is 2.46 bits per heavy atom. The Kier molecular flexibility index (Phi) is 5.49. The van der Waals surface area contributed by atoms with E-state index < -0.39 is 0 Å². The monoisotopic (exact) mass is 369 g/mol. The van der Waals surface area contributed by atoms with Crippen LogP contribution in [0.15, 0.2) is 60.8 Å². The first kappa shape index (κ1) is 17.9. The van der Waals surface area contributed by atoms with E-state index in [4.69, 9.17) is 11.6 Å². The molecule has 0 aliphatic carbocycles. The third-order valence-electron chi connectivity index (χ3n) is 3.82. The minimum Gasteiger partial charge on any atom is -0.354 e. The van der Waals surface area contributed by atoms with Crippen molar-refractivity contribution in [3.63, 3.8) is 0 Å². The third kappa shape index (κ3) is 4.58. The maximum atomic E-state index is 12.9. The average Bonchev–Trinajstić information content (AvgIpc) is 2.65. The van der Waals surface area contributed by atoms with E-state index in [1.807, 2.05) is 25.1 Å². The molecule has 26 heavy (non-hydrogen) atoms. The quantitative estimate of drug-likeness (QED) is 0.675. The molecule has 2 N–H and O–H groups in total. The highest BCUT2D eigenvalue weighted by atomic mass is 35.5. The molecule has 0 fully saturated rings. The second-order valence-electron chi connectivity index (χ2n) is 5.83. The Balaban J connectivity index is 1.60. The zero-order chi connectivity index (χ0) is 18.5. The highest BCUT2D eigenvalue weighted by molar-refractivity contribution is 6.31. The molecule has 2 aromatic carbocycles. The van der Waals surface area contributed by atoms with Crippen molar-refractivity contribution in [2.45, 2.75) is 13.5 Å². The van der Waals surface area contributed by atoms with Gasteiger partial charge in [-0.25, -0.2) is 9.37 Å². The van der Waals surface area contributed by atoms with Crippen molar-refractivity contribution in [3.8, 4) is 0 Å². The molecule has 0 radical (unpaired) electrons. The van der Waals surface area contributed by atoms with Gasteiger partial charge in [-0.3, -0.25) is 4.79 Å². The summed E-state index contributed by atoms with van der Waals surface area (Å²) in [5.74, 6) is -0.598. The van der Waals surface area contributed by atoms with Crippen molar-refractivity contribution in [2.24, 2.45) is 0 Å². The minimum atomic E-state index is -0.306. The first-order valence-electron chi connectivity index (χ1n) is 8.03. The van der Waals surface area contributed by atoms with Gasteiger partial charge in [0.25, 0.3) is 5.91 Å². The van der Waals surface area contributed by atoms with Gasteiger partial charge in [0.15, 0.2) is 0 Å². The number of pyridine rings is 1. The number of aryl methyl sites for hydroxylation is 1.